The Bertz CT molecular complexity index is 934. The molecule has 3 aromatic rings. The summed E-state index contributed by atoms with van der Waals surface area (Å²) >= 11 is 0. The smallest absolute Gasteiger partial charge is 0.338 e. The van der Waals surface area contributed by atoms with Crippen LogP contribution < -0.4 is 5.32 Å². The number of aromatic nitrogens is 2. The Balaban J connectivity index is 1.51. The molecule has 28 heavy (non-hydrogen) atoms. The molecule has 7 nitrogen and oxygen atoms in total. The van der Waals surface area contributed by atoms with Crippen LogP contribution in [0.5, 0.6) is 0 Å². The molecule has 0 unspecified atom stereocenters. The van der Waals surface area contributed by atoms with Crippen molar-refractivity contribution in [1.82, 2.24) is 10.1 Å². The minimum atomic E-state index is -0.390. The lowest BCUT2D eigenvalue weighted by Crippen LogP contribution is -2.13. The first-order chi connectivity index (χ1) is 13.5. The van der Waals surface area contributed by atoms with Crippen LogP contribution in [0.1, 0.15) is 36.5 Å². The third-order valence-corrected chi connectivity index (χ3v) is 3.81. The van der Waals surface area contributed by atoms with Crippen molar-refractivity contribution in [3.63, 3.8) is 0 Å². The molecule has 0 aliphatic carbocycles. The lowest BCUT2D eigenvalue weighted by Gasteiger charge is -2.09. The number of carbonyl (C=O) groups is 2. The number of rotatable bonds is 7. The Morgan fingerprint density at radius 1 is 1.07 bits per heavy atom. The molecule has 0 fully saturated rings. The number of hydrogen-bond acceptors (Lipinski definition) is 6. The standard InChI is InChI=1S/C21H21N3O4/c1-14(2)27-21(26)16-8-10-17(11-9-16)22-18(25)12-13-19-23-20(24-28-19)15-6-4-3-5-7-15/h3-11,14H,12-13H2,1-2H3,(H,22,25). The number of hydrogen-bond donors (Lipinski definition) is 1. The van der Waals surface area contributed by atoms with E-state index >= 15 is 0 Å². The predicted octanol–water partition coefficient (Wildman–Crippen LogP) is 3.87. The average molecular weight is 379 g/mol. The van der Waals surface area contributed by atoms with Gasteiger partial charge in [0, 0.05) is 24.1 Å². The van der Waals surface area contributed by atoms with Gasteiger partial charge in [0.15, 0.2) is 0 Å². The Morgan fingerprint density at radius 2 is 1.79 bits per heavy atom. The zero-order valence-electron chi connectivity index (χ0n) is 15.7. The molecule has 144 valence electrons. The van der Waals surface area contributed by atoms with Crippen LogP contribution in [0.15, 0.2) is 59.1 Å². The zero-order chi connectivity index (χ0) is 19.9. The van der Waals surface area contributed by atoms with E-state index in [0.717, 1.165) is 5.56 Å². The van der Waals surface area contributed by atoms with Gasteiger partial charge in [0.2, 0.25) is 17.6 Å². The molecule has 2 aromatic carbocycles. The second kappa shape index (κ2) is 8.94. The summed E-state index contributed by atoms with van der Waals surface area (Å²) in [4.78, 5) is 28.3. The summed E-state index contributed by atoms with van der Waals surface area (Å²) in [5.41, 5.74) is 1.89. The van der Waals surface area contributed by atoms with Crippen LogP contribution in [0.3, 0.4) is 0 Å². The lowest BCUT2D eigenvalue weighted by atomic mass is 10.2. The average Bonchev–Trinajstić information content (AvgIpc) is 3.16. The maximum atomic E-state index is 12.1. The van der Waals surface area contributed by atoms with E-state index in [1.807, 2.05) is 30.3 Å². The van der Waals surface area contributed by atoms with Crippen molar-refractivity contribution in [3.05, 3.63) is 66.1 Å². The Hall–Kier alpha value is -3.48. The molecule has 0 bridgehead atoms. The number of amides is 1. The normalized spacial score (nSPS) is 10.7. The Kier molecular flexibility index (Phi) is 6.16. The van der Waals surface area contributed by atoms with Gasteiger partial charge >= 0.3 is 5.97 Å². The molecular formula is C21H21N3O4. The van der Waals surface area contributed by atoms with E-state index in [9.17, 15) is 9.59 Å². The van der Waals surface area contributed by atoms with Crippen LogP contribution in [0, 0.1) is 0 Å². The van der Waals surface area contributed by atoms with Crippen LogP contribution in [0.25, 0.3) is 11.4 Å². The molecule has 7 heteroatoms. The highest BCUT2D eigenvalue weighted by Crippen LogP contribution is 2.16. The van der Waals surface area contributed by atoms with Crippen LogP contribution >= 0.6 is 0 Å². The van der Waals surface area contributed by atoms with E-state index in [2.05, 4.69) is 15.5 Å². The minimum absolute atomic E-state index is 0.181. The summed E-state index contributed by atoms with van der Waals surface area (Å²) < 4.78 is 10.3. The fraction of sp³-hybridized carbons (Fsp3) is 0.238. The van der Waals surface area contributed by atoms with E-state index in [-0.39, 0.29) is 18.4 Å². The molecule has 1 N–H and O–H groups in total. The fourth-order valence-electron chi connectivity index (χ4n) is 2.48. The van der Waals surface area contributed by atoms with Gasteiger partial charge in [-0.25, -0.2) is 4.79 Å². The van der Waals surface area contributed by atoms with Crippen molar-refractivity contribution in [3.8, 4) is 11.4 Å². The van der Waals surface area contributed by atoms with Crippen LogP contribution in [-0.4, -0.2) is 28.1 Å². The van der Waals surface area contributed by atoms with E-state index < -0.39 is 5.97 Å². The first-order valence-electron chi connectivity index (χ1n) is 9.00. The van der Waals surface area contributed by atoms with Crippen LogP contribution in [0.4, 0.5) is 5.69 Å². The van der Waals surface area contributed by atoms with E-state index in [0.29, 0.717) is 29.4 Å². The number of carbonyl (C=O) groups excluding carboxylic acids is 2. The van der Waals surface area contributed by atoms with Crippen molar-refractivity contribution in [2.75, 3.05) is 5.32 Å². The summed E-state index contributed by atoms with van der Waals surface area (Å²) in [7, 11) is 0. The quantitative estimate of drug-likeness (QED) is 0.626. The first-order valence-corrected chi connectivity index (χ1v) is 9.00. The van der Waals surface area contributed by atoms with E-state index in [4.69, 9.17) is 9.26 Å². The highest BCUT2D eigenvalue weighted by molar-refractivity contribution is 5.93. The fourth-order valence-corrected chi connectivity index (χ4v) is 2.48. The third-order valence-electron chi connectivity index (χ3n) is 3.81. The second-order valence-corrected chi connectivity index (χ2v) is 6.46. The highest BCUT2D eigenvalue weighted by atomic mass is 16.5. The summed E-state index contributed by atoms with van der Waals surface area (Å²) in [6.45, 7) is 3.58. The third kappa shape index (κ3) is 5.26. The van der Waals surface area contributed by atoms with Gasteiger partial charge < -0.3 is 14.6 Å². The van der Waals surface area contributed by atoms with Gasteiger partial charge in [-0.1, -0.05) is 35.5 Å². The van der Waals surface area contributed by atoms with E-state index in [1.54, 1.807) is 38.1 Å². The number of aryl methyl sites for hydroxylation is 1. The SMILES string of the molecule is CC(C)OC(=O)c1ccc(NC(=O)CCc2nc(-c3ccccc3)no2)cc1. The molecule has 1 heterocycles. The molecule has 0 saturated heterocycles. The van der Waals surface area contributed by atoms with Crippen molar-refractivity contribution in [2.24, 2.45) is 0 Å². The van der Waals surface area contributed by atoms with Gasteiger partial charge in [0.25, 0.3) is 0 Å². The maximum Gasteiger partial charge on any atom is 0.338 e. The van der Waals surface area contributed by atoms with Gasteiger partial charge in [0.05, 0.1) is 11.7 Å². The molecule has 0 radical (unpaired) electrons. The molecule has 0 atom stereocenters. The van der Waals surface area contributed by atoms with Crippen molar-refractivity contribution in [2.45, 2.75) is 32.8 Å². The summed E-state index contributed by atoms with van der Waals surface area (Å²) in [5, 5.41) is 6.71. The largest absolute Gasteiger partial charge is 0.459 e. The number of ether oxygens (including phenoxy) is 1. The summed E-state index contributed by atoms with van der Waals surface area (Å²) in [6, 6.07) is 16.0. The minimum Gasteiger partial charge on any atom is -0.459 e. The maximum absolute atomic E-state index is 12.1. The van der Waals surface area contributed by atoms with Gasteiger partial charge in [-0.15, -0.1) is 0 Å². The van der Waals surface area contributed by atoms with Crippen LogP contribution in [-0.2, 0) is 16.0 Å². The molecule has 1 amide bonds. The predicted molar refractivity (Wildman–Crippen MR) is 104 cm³/mol. The van der Waals surface area contributed by atoms with Gasteiger partial charge in [-0.05, 0) is 38.1 Å². The van der Waals surface area contributed by atoms with Gasteiger partial charge in [-0.3, -0.25) is 4.79 Å². The van der Waals surface area contributed by atoms with Crippen LogP contribution in [0.2, 0.25) is 0 Å². The second-order valence-electron chi connectivity index (χ2n) is 6.46. The molecular weight excluding hydrogens is 358 g/mol. The van der Waals surface area contributed by atoms with Gasteiger partial charge in [0.1, 0.15) is 0 Å². The number of nitrogens with one attached hydrogen (secondary N) is 1. The Labute approximate surface area is 162 Å². The van der Waals surface area contributed by atoms with Crippen molar-refractivity contribution < 1.29 is 18.8 Å². The number of esters is 1. The lowest BCUT2D eigenvalue weighted by molar-refractivity contribution is -0.116. The molecule has 3 rings (SSSR count). The summed E-state index contributed by atoms with van der Waals surface area (Å²) in [6.07, 6.45) is 0.358. The van der Waals surface area contributed by atoms with E-state index in [1.165, 1.54) is 0 Å². The number of benzene rings is 2. The summed E-state index contributed by atoms with van der Waals surface area (Å²) in [5.74, 6) is 0.330. The van der Waals surface area contributed by atoms with Gasteiger partial charge in [-0.2, -0.15) is 4.98 Å². The van der Waals surface area contributed by atoms with Crippen molar-refractivity contribution >= 4 is 17.6 Å². The van der Waals surface area contributed by atoms with Crippen molar-refractivity contribution in [1.29, 1.82) is 0 Å². The Morgan fingerprint density at radius 3 is 2.46 bits per heavy atom. The first kappa shape index (κ1) is 19.3. The molecule has 0 spiro atoms. The topological polar surface area (TPSA) is 94.3 Å². The molecule has 0 aliphatic rings. The number of anilines is 1. The number of nitrogens with zero attached hydrogens (tertiary/aromatic N) is 2. The monoisotopic (exact) mass is 379 g/mol. The zero-order valence-corrected chi connectivity index (χ0v) is 15.7. The highest BCUT2D eigenvalue weighted by Gasteiger charge is 2.12. The molecule has 0 saturated carbocycles. The molecule has 0 aliphatic heterocycles. The molecule has 1 aromatic heterocycles.